The fraction of sp³-hybridized carbons (Fsp3) is 0.471. The molecule has 0 aromatic heterocycles. The van der Waals surface area contributed by atoms with E-state index in [1.54, 1.807) is 11.9 Å². The summed E-state index contributed by atoms with van der Waals surface area (Å²) >= 11 is 5.13. The molecule has 0 fully saturated rings. The van der Waals surface area contributed by atoms with Crippen LogP contribution in [0.2, 0.25) is 0 Å². The number of anilines is 2. The number of thiocarbonyl (C=S) groups is 1. The number of carbonyl (C=O) groups is 2. The van der Waals surface area contributed by atoms with E-state index in [2.05, 4.69) is 17.6 Å². The van der Waals surface area contributed by atoms with Gasteiger partial charge in [0.1, 0.15) is 0 Å². The molecule has 23 heavy (non-hydrogen) atoms. The summed E-state index contributed by atoms with van der Waals surface area (Å²) in [6.45, 7) is 3.65. The summed E-state index contributed by atoms with van der Waals surface area (Å²) in [5, 5.41) is 5.93. The van der Waals surface area contributed by atoms with Crippen LogP contribution in [0.15, 0.2) is 24.3 Å². The van der Waals surface area contributed by atoms with Crippen molar-refractivity contribution < 1.29 is 9.59 Å². The molecule has 0 saturated carbocycles. The lowest BCUT2D eigenvalue weighted by atomic mass is 10.1. The quantitative estimate of drug-likeness (QED) is 0.592. The fourth-order valence-corrected chi connectivity index (χ4v) is 2.25. The summed E-state index contributed by atoms with van der Waals surface area (Å²) in [5.74, 6) is -0.0943. The van der Waals surface area contributed by atoms with Crippen LogP contribution in [0.4, 0.5) is 11.4 Å². The first-order valence-corrected chi connectivity index (χ1v) is 8.30. The Morgan fingerprint density at radius 2 is 1.78 bits per heavy atom. The van der Waals surface area contributed by atoms with E-state index in [1.165, 1.54) is 6.92 Å². The molecule has 0 bridgehead atoms. The molecule has 1 aromatic rings. The first-order chi connectivity index (χ1) is 10.9. The summed E-state index contributed by atoms with van der Waals surface area (Å²) in [6.07, 6.45) is 4.74. The predicted octanol–water partition coefficient (Wildman–Crippen LogP) is 3.45. The maximum absolute atomic E-state index is 11.7. The Labute approximate surface area is 143 Å². The lowest BCUT2D eigenvalue weighted by Crippen LogP contribution is -2.33. The van der Waals surface area contributed by atoms with Crippen LogP contribution in [-0.4, -0.2) is 24.0 Å². The van der Waals surface area contributed by atoms with Crippen LogP contribution >= 0.6 is 12.2 Å². The van der Waals surface area contributed by atoms with E-state index in [1.807, 2.05) is 24.3 Å². The Morgan fingerprint density at radius 3 is 2.35 bits per heavy atom. The van der Waals surface area contributed by atoms with Gasteiger partial charge in [0.2, 0.25) is 11.8 Å². The number of benzene rings is 1. The van der Waals surface area contributed by atoms with E-state index in [-0.39, 0.29) is 16.9 Å². The van der Waals surface area contributed by atoms with Crippen LogP contribution in [0.25, 0.3) is 0 Å². The van der Waals surface area contributed by atoms with Gasteiger partial charge in [-0.3, -0.25) is 9.59 Å². The topological polar surface area (TPSA) is 61.4 Å². The highest BCUT2D eigenvalue weighted by Crippen LogP contribution is 2.16. The van der Waals surface area contributed by atoms with Crippen LogP contribution in [0.5, 0.6) is 0 Å². The highest BCUT2D eigenvalue weighted by Gasteiger charge is 2.07. The number of unbranched alkanes of at least 4 members (excludes halogenated alkanes) is 3. The zero-order chi connectivity index (χ0) is 17.2. The van der Waals surface area contributed by atoms with Crippen molar-refractivity contribution in [3.8, 4) is 0 Å². The molecule has 2 N–H and O–H groups in total. The highest BCUT2D eigenvalue weighted by molar-refractivity contribution is 7.80. The molecule has 0 aliphatic carbocycles. The van der Waals surface area contributed by atoms with Crippen LogP contribution in [-0.2, 0) is 9.59 Å². The van der Waals surface area contributed by atoms with Crippen molar-refractivity contribution in [1.82, 2.24) is 5.32 Å². The van der Waals surface area contributed by atoms with Gasteiger partial charge in [0.05, 0.1) is 0 Å². The van der Waals surface area contributed by atoms with E-state index >= 15 is 0 Å². The van der Waals surface area contributed by atoms with Crippen molar-refractivity contribution in [3.05, 3.63) is 24.3 Å². The average molecular weight is 335 g/mol. The van der Waals surface area contributed by atoms with Crippen molar-refractivity contribution in [2.75, 3.05) is 17.3 Å². The molecule has 6 heteroatoms. The number of hydrogen-bond acceptors (Lipinski definition) is 3. The van der Waals surface area contributed by atoms with Crippen molar-refractivity contribution in [3.63, 3.8) is 0 Å². The van der Waals surface area contributed by atoms with Gasteiger partial charge < -0.3 is 15.5 Å². The smallest absolute Gasteiger partial charge is 0.226 e. The molecule has 0 aliphatic rings. The largest absolute Gasteiger partial charge is 0.332 e. The molecule has 5 nitrogen and oxygen atoms in total. The van der Waals surface area contributed by atoms with Gasteiger partial charge in [-0.15, -0.1) is 0 Å². The zero-order valence-electron chi connectivity index (χ0n) is 14.0. The molecular formula is C17H25N3O2S. The van der Waals surface area contributed by atoms with Gasteiger partial charge in [-0.25, -0.2) is 0 Å². The summed E-state index contributed by atoms with van der Waals surface area (Å²) in [4.78, 5) is 24.6. The number of carbonyl (C=O) groups excluding carboxylic acids is 2. The van der Waals surface area contributed by atoms with Crippen LogP contribution in [0.3, 0.4) is 0 Å². The molecule has 0 radical (unpaired) electrons. The normalized spacial score (nSPS) is 10.0. The number of rotatable bonds is 7. The molecule has 0 unspecified atom stereocenters. The van der Waals surface area contributed by atoms with Crippen LogP contribution in [0.1, 0.15) is 46.0 Å². The number of hydrogen-bond donors (Lipinski definition) is 2. The second kappa shape index (κ2) is 9.94. The second-order valence-corrected chi connectivity index (χ2v) is 5.85. The van der Waals surface area contributed by atoms with Crippen molar-refractivity contribution in [2.24, 2.45) is 0 Å². The minimum Gasteiger partial charge on any atom is -0.332 e. The standard InChI is InChI=1S/C17H25N3O2S/c1-4-5-6-7-8-16(22)19-17(23)18-14-9-11-15(12-10-14)20(3)13(2)21/h9-12H,4-8H2,1-3H3,(H2,18,19,22,23). The van der Waals surface area contributed by atoms with Gasteiger partial charge in [-0.05, 0) is 42.9 Å². The second-order valence-electron chi connectivity index (χ2n) is 5.44. The first kappa shape index (κ1) is 19.1. The highest BCUT2D eigenvalue weighted by atomic mass is 32.1. The fourth-order valence-electron chi connectivity index (χ4n) is 2.01. The molecule has 126 valence electrons. The molecule has 0 spiro atoms. The van der Waals surface area contributed by atoms with Gasteiger partial charge >= 0.3 is 0 Å². The number of nitrogens with one attached hydrogen (secondary N) is 2. The van der Waals surface area contributed by atoms with Gasteiger partial charge in [-0.2, -0.15) is 0 Å². The van der Waals surface area contributed by atoms with E-state index in [0.717, 1.165) is 37.1 Å². The first-order valence-electron chi connectivity index (χ1n) is 7.89. The van der Waals surface area contributed by atoms with Crippen molar-refractivity contribution in [2.45, 2.75) is 46.0 Å². The summed E-state index contributed by atoms with van der Waals surface area (Å²) in [6, 6.07) is 7.26. The van der Waals surface area contributed by atoms with E-state index in [4.69, 9.17) is 12.2 Å². The van der Waals surface area contributed by atoms with Crippen molar-refractivity contribution >= 4 is 40.5 Å². The lowest BCUT2D eigenvalue weighted by Gasteiger charge is -2.16. The minimum atomic E-state index is -0.0634. The van der Waals surface area contributed by atoms with Gasteiger partial charge in [0, 0.05) is 31.8 Å². The molecule has 0 heterocycles. The monoisotopic (exact) mass is 335 g/mol. The maximum atomic E-state index is 11.7. The third-order valence-corrected chi connectivity index (χ3v) is 3.70. The van der Waals surface area contributed by atoms with Crippen molar-refractivity contribution in [1.29, 1.82) is 0 Å². The molecular weight excluding hydrogens is 310 g/mol. The van der Waals surface area contributed by atoms with Crippen LogP contribution < -0.4 is 15.5 Å². The molecule has 1 aromatic carbocycles. The predicted molar refractivity (Wildman–Crippen MR) is 98.6 cm³/mol. The third kappa shape index (κ3) is 7.23. The van der Waals surface area contributed by atoms with E-state index in [0.29, 0.717) is 6.42 Å². The third-order valence-electron chi connectivity index (χ3n) is 3.50. The summed E-state index contributed by atoms with van der Waals surface area (Å²) in [5.41, 5.74) is 1.57. The number of nitrogens with zero attached hydrogens (tertiary/aromatic N) is 1. The summed E-state index contributed by atoms with van der Waals surface area (Å²) in [7, 11) is 1.72. The van der Waals surface area contributed by atoms with Crippen LogP contribution in [0, 0.1) is 0 Å². The van der Waals surface area contributed by atoms with E-state index in [9.17, 15) is 9.59 Å². The molecule has 2 amide bonds. The molecule has 1 rings (SSSR count). The van der Waals surface area contributed by atoms with Gasteiger partial charge in [-0.1, -0.05) is 26.2 Å². The van der Waals surface area contributed by atoms with Gasteiger partial charge in [0.15, 0.2) is 5.11 Å². The van der Waals surface area contributed by atoms with Gasteiger partial charge in [0.25, 0.3) is 0 Å². The Bertz CT molecular complexity index is 543. The maximum Gasteiger partial charge on any atom is 0.226 e. The Morgan fingerprint density at radius 1 is 1.13 bits per heavy atom. The zero-order valence-corrected chi connectivity index (χ0v) is 14.8. The van der Waals surface area contributed by atoms with E-state index < -0.39 is 0 Å². The SMILES string of the molecule is CCCCCCC(=O)NC(=S)Nc1ccc(N(C)C(C)=O)cc1. The Hall–Kier alpha value is -1.95. The average Bonchev–Trinajstić information content (AvgIpc) is 2.51. The Kier molecular flexibility index (Phi) is 8.26. The number of amides is 2. The lowest BCUT2D eigenvalue weighted by molar-refractivity contribution is -0.119. The molecule has 0 atom stereocenters. The summed E-state index contributed by atoms with van der Waals surface area (Å²) < 4.78 is 0. The Balaban J connectivity index is 2.42. The minimum absolute atomic E-state index is 0.0310. The molecule has 0 saturated heterocycles. The molecule has 0 aliphatic heterocycles.